The number of nitrogens with one attached hydrogen (secondary N) is 2. The molecule has 0 radical (unpaired) electrons. The molecule has 0 fully saturated rings. The molecule has 3 rings (SSSR count). The molecule has 5 nitrogen and oxygen atoms in total. The predicted molar refractivity (Wildman–Crippen MR) is 84.1 cm³/mol. The normalized spacial score (nSPS) is 16.1. The molecule has 0 spiro atoms. The zero-order chi connectivity index (χ0) is 16.4. The van der Waals surface area contributed by atoms with Gasteiger partial charge in [0.15, 0.2) is 6.10 Å². The lowest BCUT2D eigenvalue weighted by Gasteiger charge is -2.25. The van der Waals surface area contributed by atoms with Crippen LogP contribution in [0.2, 0.25) is 5.02 Å². The molecule has 118 valence electrons. The Hall–Kier alpha value is -2.60. The van der Waals surface area contributed by atoms with E-state index in [0.29, 0.717) is 17.1 Å². The highest BCUT2D eigenvalue weighted by atomic mass is 35.5. The van der Waals surface area contributed by atoms with Crippen molar-refractivity contribution in [3.05, 3.63) is 53.3 Å². The van der Waals surface area contributed by atoms with Crippen LogP contribution in [0.1, 0.15) is 6.42 Å². The summed E-state index contributed by atoms with van der Waals surface area (Å²) in [5.74, 6) is -0.894. The molecule has 0 bridgehead atoms. The van der Waals surface area contributed by atoms with Crippen molar-refractivity contribution in [3.8, 4) is 5.75 Å². The van der Waals surface area contributed by atoms with Gasteiger partial charge in [0.1, 0.15) is 11.6 Å². The largest absolute Gasteiger partial charge is 0.478 e. The number of carbonyl (C=O) groups is 2. The van der Waals surface area contributed by atoms with E-state index in [2.05, 4.69) is 10.6 Å². The molecule has 1 unspecified atom stereocenters. The second kappa shape index (κ2) is 6.26. The van der Waals surface area contributed by atoms with Gasteiger partial charge < -0.3 is 15.4 Å². The fraction of sp³-hybridized carbons (Fsp3) is 0.125. The summed E-state index contributed by atoms with van der Waals surface area (Å²) >= 11 is 5.65. The number of ether oxygens (including phenoxy) is 1. The number of benzene rings is 2. The number of fused-ring (bicyclic) bond motifs is 1. The van der Waals surface area contributed by atoms with Crippen LogP contribution >= 0.6 is 11.6 Å². The minimum atomic E-state index is -0.930. The number of rotatable bonds is 3. The fourth-order valence-electron chi connectivity index (χ4n) is 2.18. The SMILES string of the molecule is O=C(CC1Oc2ccccc2NC1=O)Nc1ccc(F)c(Cl)c1. The Kier molecular flexibility index (Phi) is 4.16. The van der Waals surface area contributed by atoms with Gasteiger partial charge in [0.2, 0.25) is 5.91 Å². The average molecular weight is 335 g/mol. The number of carbonyl (C=O) groups excluding carboxylic acids is 2. The Balaban J connectivity index is 1.66. The molecule has 2 aromatic rings. The monoisotopic (exact) mass is 334 g/mol. The van der Waals surface area contributed by atoms with Crippen LogP contribution in [0.25, 0.3) is 0 Å². The number of halogens is 2. The van der Waals surface area contributed by atoms with Crippen LogP contribution in [-0.4, -0.2) is 17.9 Å². The van der Waals surface area contributed by atoms with Gasteiger partial charge in [-0.3, -0.25) is 9.59 Å². The van der Waals surface area contributed by atoms with Crippen molar-refractivity contribution in [1.29, 1.82) is 0 Å². The van der Waals surface area contributed by atoms with Crippen LogP contribution in [-0.2, 0) is 9.59 Å². The summed E-state index contributed by atoms with van der Waals surface area (Å²) in [6.45, 7) is 0. The number of anilines is 2. The maximum Gasteiger partial charge on any atom is 0.266 e. The highest BCUT2D eigenvalue weighted by Gasteiger charge is 2.29. The van der Waals surface area contributed by atoms with E-state index in [1.807, 2.05) is 0 Å². The summed E-state index contributed by atoms with van der Waals surface area (Å²) in [5, 5.41) is 5.14. The van der Waals surface area contributed by atoms with Crippen LogP contribution < -0.4 is 15.4 Å². The summed E-state index contributed by atoms with van der Waals surface area (Å²) in [6.07, 6.45) is -1.10. The number of para-hydroxylation sites is 2. The van der Waals surface area contributed by atoms with E-state index in [-0.39, 0.29) is 11.4 Å². The third-order valence-electron chi connectivity index (χ3n) is 3.28. The summed E-state index contributed by atoms with van der Waals surface area (Å²) in [4.78, 5) is 24.0. The lowest BCUT2D eigenvalue weighted by molar-refractivity contribution is -0.128. The zero-order valence-corrected chi connectivity index (χ0v) is 12.6. The molecule has 2 aromatic carbocycles. The molecule has 1 heterocycles. The lowest BCUT2D eigenvalue weighted by Crippen LogP contribution is -2.39. The molecule has 0 aliphatic carbocycles. The Labute approximate surface area is 136 Å². The van der Waals surface area contributed by atoms with Crippen molar-refractivity contribution >= 4 is 34.8 Å². The van der Waals surface area contributed by atoms with Gasteiger partial charge in [-0.15, -0.1) is 0 Å². The minimum absolute atomic E-state index is 0.0941. The number of amides is 2. The topological polar surface area (TPSA) is 67.4 Å². The van der Waals surface area contributed by atoms with E-state index in [1.165, 1.54) is 12.1 Å². The van der Waals surface area contributed by atoms with Gasteiger partial charge in [-0.25, -0.2) is 4.39 Å². The molecular formula is C16H12ClFN2O3. The van der Waals surface area contributed by atoms with Gasteiger partial charge in [-0.2, -0.15) is 0 Å². The molecule has 2 N–H and O–H groups in total. The van der Waals surface area contributed by atoms with Crippen molar-refractivity contribution in [3.63, 3.8) is 0 Å². The second-order valence-electron chi connectivity index (χ2n) is 4.97. The van der Waals surface area contributed by atoms with E-state index < -0.39 is 23.7 Å². The summed E-state index contributed by atoms with van der Waals surface area (Å²) in [5.41, 5.74) is 0.914. The van der Waals surface area contributed by atoms with Crippen LogP contribution in [0.5, 0.6) is 5.75 Å². The highest BCUT2D eigenvalue weighted by Crippen LogP contribution is 2.29. The lowest BCUT2D eigenvalue weighted by atomic mass is 10.1. The molecule has 1 aliphatic heterocycles. The second-order valence-corrected chi connectivity index (χ2v) is 5.38. The minimum Gasteiger partial charge on any atom is -0.478 e. The van der Waals surface area contributed by atoms with E-state index in [0.717, 1.165) is 6.07 Å². The van der Waals surface area contributed by atoms with Crippen molar-refractivity contribution in [1.82, 2.24) is 0 Å². The maximum atomic E-state index is 13.1. The first-order valence-corrected chi connectivity index (χ1v) is 7.22. The fourth-order valence-corrected chi connectivity index (χ4v) is 2.36. The quantitative estimate of drug-likeness (QED) is 0.905. The van der Waals surface area contributed by atoms with E-state index in [4.69, 9.17) is 16.3 Å². The zero-order valence-electron chi connectivity index (χ0n) is 11.8. The number of hydrogen-bond acceptors (Lipinski definition) is 3. The van der Waals surface area contributed by atoms with Gasteiger partial charge in [0.05, 0.1) is 17.1 Å². The van der Waals surface area contributed by atoms with Gasteiger partial charge >= 0.3 is 0 Å². The van der Waals surface area contributed by atoms with E-state index >= 15 is 0 Å². The van der Waals surface area contributed by atoms with Crippen LogP contribution in [0.15, 0.2) is 42.5 Å². The maximum absolute atomic E-state index is 13.1. The van der Waals surface area contributed by atoms with Crippen LogP contribution in [0, 0.1) is 5.82 Å². The molecule has 0 aromatic heterocycles. The average Bonchev–Trinajstić information content (AvgIpc) is 2.51. The Morgan fingerprint density at radius 2 is 2.09 bits per heavy atom. The molecule has 0 saturated carbocycles. The summed E-state index contributed by atoms with van der Waals surface area (Å²) in [6, 6.07) is 10.8. The Bertz CT molecular complexity index is 782. The first-order valence-electron chi connectivity index (χ1n) is 6.84. The molecule has 1 atom stereocenters. The van der Waals surface area contributed by atoms with Crippen molar-refractivity contribution in [2.75, 3.05) is 10.6 Å². The number of hydrogen-bond donors (Lipinski definition) is 2. The third kappa shape index (κ3) is 3.43. The molecule has 2 amide bonds. The van der Waals surface area contributed by atoms with Crippen molar-refractivity contribution < 1.29 is 18.7 Å². The molecular weight excluding hydrogens is 323 g/mol. The van der Waals surface area contributed by atoms with Gasteiger partial charge in [0, 0.05) is 5.69 Å². The van der Waals surface area contributed by atoms with Gasteiger partial charge in [-0.05, 0) is 30.3 Å². The molecule has 23 heavy (non-hydrogen) atoms. The van der Waals surface area contributed by atoms with Crippen molar-refractivity contribution in [2.45, 2.75) is 12.5 Å². The van der Waals surface area contributed by atoms with E-state index in [1.54, 1.807) is 24.3 Å². The molecule has 7 heteroatoms. The van der Waals surface area contributed by atoms with Crippen molar-refractivity contribution in [2.24, 2.45) is 0 Å². The third-order valence-corrected chi connectivity index (χ3v) is 3.57. The van der Waals surface area contributed by atoms with Gasteiger partial charge in [0.25, 0.3) is 5.91 Å². The predicted octanol–water partition coefficient (Wildman–Crippen LogP) is 3.21. The Morgan fingerprint density at radius 3 is 2.87 bits per heavy atom. The smallest absolute Gasteiger partial charge is 0.266 e. The molecule has 0 saturated heterocycles. The van der Waals surface area contributed by atoms with Gasteiger partial charge in [-0.1, -0.05) is 23.7 Å². The highest BCUT2D eigenvalue weighted by molar-refractivity contribution is 6.31. The first kappa shape index (κ1) is 15.3. The van der Waals surface area contributed by atoms with Crippen LogP contribution in [0.4, 0.5) is 15.8 Å². The first-order chi connectivity index (χ1) is 11.0. The van der Waals surface area contributed by atoms with Crippen LogP contribution in [0.3, 0.4) is 0 Å². The summed E-state index contributed by atoms with van der Waals surface area (Å²) < 4.78 is 18.6. The standard InChI is InChI=1S/C16H12ClFN2O3/c17-10-7-9(5-6-11(10)18)19-15(21)8-14-16(22)20-12-3-1-2-4-13(12)23-14/h1-7,14H,8H2,(H,19,21)(H,20,22). The molecule has 1 aliphatic rings. The van der Waals surface area contributed by atoms with E-state index in [9.17, 15) is 14.0 Å². The summed E-state index contributed by atoms with van der Waals surface area (Å²) in [7, 11) is 0. The Morgan fingerprint density at radius 1 is 1.30 bits per heavy atom.